The lowest BCUT2D eigenvalue weighted by molar-refractivity contribution is -0.385. The average molecular weight is 199 g/mol. The minimum atomic E-state index is -0.736. The van der Waals surface area contributed by atoms with Crippen molar-refractivity contribution in [2.24, 2.45) is 12.9 Å². The van der Waals surface area contributed by atoms with Gasteiger partial charge in [0.15, 0.2) is 0 Å². The molecule has 14 heavy (non-hydrogen) atoms. The molecule has 0 saturated heterocycles. The average Bonchev–Trinajstić information content (AvgIpc) is 2.39. The predicted octanol–water partition coefficient (Wildman–Crippen LogP) is -0.760. The van der Waals surface area contributed by atoms with Crippen molar-refractivity contribution in [3.05, 3.63) is 21.5 Å². The molecule has 0 saturated carbocycles. The van der Waals surface area contributed by atoms with E-state index in [0.717, 1.165) is 4.68 Å². The number of hydrogen-bond acceptors (Lipinski definition) is 5. The first-order valence-electron chi connectivity index (χ1n) is 3.68. The van der Waals surface area contributed by atoms with Crippen molar-refractivity contribution < 1.29 is 9.72 Å². The van der Waals surface area contributed by atoms with Crippen LogP contribution in [-0.2, 0) is 7.05 Å². The Morgan fingerprint density at radius 1 is 1.71 bits per heavy atom. The van der Waals surface area contributed by atoms with Crippen LogP contribution in [0.5, 0.6) is 0 Å². The number of hydrazine groups is 1. The van der Waals surface area contributed by atoms with Crippen LogP contribution in [-0.4, -0.2) is 20.6 Å². The monoisotopic (exact) mass is 199 g/mol. The number of carbonyl (C=O) groups is 1. The number of hydrogen-bond donors (Lipinski definition) is 2. The van der Waals surface area contributed by atoms with Crippen molar-refractivity contribution in [1.82, 2.24) is 15.2 Å². The number of aryl methyl sites for hydroxylation is 2. The highest BCUT2D eigenvalue weighted by atomic mass is 16.6. The topological polar surface area (TPSA) is 116 Å². The van der Waals surface area contributed by atoms with E-state index in [-0.39, 0.29) is 17.1 Å². The molecule has 0 bridgehead atoms. The van der Waals surface area contributed by atoms with Gasteiger partial charge in [-0.3, -0.25) is 25.0 Å². The van der Waals surface area contributed by atoms with E-state index in [4.69, 9.17) is 5.84 Å². The summed E-state index contributed by atoms with van der Waals surface area (Å²) in [5.41, 5.74) is 1.52. The first-order chi connectivity index (χ1) is 6.49. The van der Waals surface area contributed by atoms with Crippen molar-refractivity contribution in [2.45, 2.75) is 6.92 Å². The van der Waals surface area contributed by atoms with E-state index in [1.165, 1.54) is 14.0 Å². The molecule has 8 nitrogen and oxygen atoms in total. The van der Waals surface area contributed by atoms with E-state index in [2.05, 4.69) is 5.10 Å². The summed E-state index contributed by atoms with van der Waals surface area (Å²) in [6.07, 6.45) is 0. The first kappa shape index (κ1) is 10.1. The smallest absolute Gasteiger partial charge is 0.289 e. The molecule has 0 aliphatic rings. The maximum atomic E-state index is 11.2. The molecule has 0 radical (unpaired) electrons. The summed E-state index contributed by atoms with van der Waals surface area (Å²) >= 11 is 0. The van der Waals surface area contributed by atoms with Crippen LogP contribution < -0.4 is 11.3 Å². The fourth-order valence-electron chi connectivity index (χ4n) is 1.19. The number of nitrogens with one attached hydrogen (secondary N) is 1. The van der Waals surface area contributed by atoms with Gasteiger partial charge in [-0.1, -0.05) is 0 Å². The molecule has 1 aromatic heterocycles. The molecule has 0 atom stereocenters. The molecule has 1 amide bonds. The van der Waals surface area contributed by atoms with Crippen molar-refractivity contribution in [3.8, 4) is 0 Å². The lowest BCUT2D eigenvalue weighted by Gasteiger charge is -1.98. The van der Waals surface area contributed by atoms with Crippen LogP contribution in [0, 0.1) is 17.0 Å². The number of amides is 1. The van der Waals surface area contributed by atoms with Gasteiger partial charge in [-0.15, -0.1) is 0 Å². The molecule has 0 aromatic carbocycles. The number of nitro groups is 1. The second-order valence-corrected chi connectivity index (χ2v) is 2.64. The Hall–Kier alpha value is -1.96. The molecule has 1 heterocycles. The zero-order valence-corrected chi connectivity index (χ0v) is 7.64. The van der Waals surface area contributed by atoms with Crippen LogP contribution in [0.25, 0.3) is 0 Å². The molecule has 0 fully saturated rings. The highest BCUT2D eigenvalue weighted by Crippen LogP contribution is 2.21. The third kappa shape index (κ3) is 1.42. The molecule has 8 heteroatoms. The normalized spacial score (nSPS) is 9.93. The number of nitrogens with two attached hydrogens (primary N) is 1. The molecule has 1 rings (SSSR count). The quantitative estimate of drug-likeness (QED) is 0.281. The minimum Gasteiger partial charge on any atom is -0.289 e. The van der Waals surface area contributed by atoms with Gasteiger partial charge >= 0.3 is 5.69 Å². The van der Waals surface area contributed by atoms with Gasteiger partial charge in [-0.25, -0.2) is 5.84 Å². The van der Waals surface area contributed by atoms with E-state index in [0.29, 0.717) is 0 Å². The number of rotatable bonds is 2. The maximum absolute atomic E-state index is 11.2. The van der Waals surface area contributed by atoms with Gasteiger partial charge in [0.2, 0.25) is 5.69 Å². The zero-order chi connectivity index (χ0) is 10.9. The maximum Gasteiger partial charge on any atom is 0.322 e. The molecule has 0 aliphatic carbocycles. The Morgan fingerprint density at radius 3 is 2.71 bits per heavy atom. The highest BCUT2D eigenvalue weighted by Gasteiger charge is 2.28. The zero-order valence-electron chi connectivity index (χ0n) is 7.64. The number of nitrogens with zero attached hydrogens (tertiary/aromatic N) is 3. The standard InChI is InChI=1S/C6H9N5O3/c1-3-4(11(13)14)5(6(12)8-7)10(2)9-3/h7H2,1-2H3,(H,8,12). The van der Waals surface area contributed by atoms with Crippen LogP contribution in [0.1, 0.15) is 16.2 Å². The van der Waals surface area contributed by atoms with Crippen LogP contribution in [0.3, 0.4) is 0 Å². The van der Waals surface area contributed by atoms with E-state index in [1.54, 1.807) is 0 Å². The molecule has 0 aliphatic heterocycles. The van der Waals surface area contributed by atoms with Gasteiger partial charge < -0.3 is 0 Å². The SMILES string of the molecule is Cc1nn(C)c(C(=O)NN)c1[N+](=O)[O-]. The van der Waals surface area contributed by atoms with E-state index >= 15 is 0 Å². The van der Waals surface area contributed by atoms with Crippen LogP contribution in [0.15, 0.2) is 0 Å². The number of carbonyl (C=O) groups excluding carboxylic acids is 1. The van der Waals surface area contributed by atoms with Crippen molar-refractivity contribution in [2.75, 3.05) is 0 Å². The predicted molar refractivity (Wildman–Crippen MR) is 46.3 cm³/mol. The van der Waals surface area contributed by atoms with Gasteiger partial charge in [-0.05, 0) is 6.92 Å². The van der Waals surface area contributed by atoms with Gasteiger partial charge in [0.25, 0.3) is 5.91 Å². The molecule has 0 unspecified atom stereocenters. The molecular formula is C6H9N5O3. The molecule has 76 valence electrons. The van der Waals surface area contributed by atoms with E-state index in [9.17, 15) is 14.9 Å². The largest absolute Gasteiger partial charge is 0.322 e. The summed E-state index contributed by atoms with van der Waals surface area (Å²) in [6.45, 7) is 1.45. The minimum absolute atomic E-state index is 0.157. The summed E-state index contributed by atoms with van der Waals surface area (Å²) in [4.78, 5) is 21.1. The Bertz CT molecular complexity index is 396. The Kier molecular flexibility index (Phi) is 2.47. The second kappa shape index (κ2) is 3.42. The van der Waals surface area contributed by atoms with Gasteiger partial charge in [-0.2, -0.15) is 5.10 Å². The molecular weight excluding hydrogens is 190 g/mol. The fourth-order valence-corrected chi connectivity index (χ4v) is 1.19. The van der Waals surface area contributed by atoms with Crippen molar-refractivity contribution >= 4 is 11.6 Å². The van der Waals surface area contributed by atoms with Gasteiger partial charge in [0.05, 0.1) is 4.92 Å². The summed E-state index contributed by atoms with van der Waals surface area (Å²) in [7, 11) is 1.44. The summed E-state index contributed by atoms with van der Waals surface area (Å²) in [5, 5.41) is 14.4. The lowest BCUT2D eigenvalue weighted by Crippen LogP contribution is -2.32. The fraction of sp³-hybridized carbons (Fsp3) is 0.333. The van der Waals surface area contributed by atoms with Crippen LogP contribution in [0.4, 0.5) is 5.69 Å². The summed E-state index contributed by atoms with van der Waals surface area (Å²) in [6, 6.07) is 0. The molecule has 1 aromatic rings. The van der Waals surface area contributed by atoms with Gasteiger partial charge in [0.1, 0.15) is 5.69 Å². The third-order valence-electron chi connectivity index (χ3n) is 1.72. The van der Waals surface area contributed by atoms with Crippen LogP contribution in [0.2, 0.25) is 0 Å². The van der Waals surface area contributed by atoms with Crippen molar-refractivity contribution in [3.63, 3.8) is 0 Å². The molecule has 3 N–H and O–H groups in total. The number of nitrogen functional groups attached to an aromatic ring is 1. The second-order valence-electron chi connectivity index (χ2n) is 2.64. The Labute approximate surface area is 78.8 Å². The lowest BCUT2D eigenvalue weighted by atomic mass is 10.3. The van der Waals surface area contributed by atoms with E-state index < -0.39 is 10.8 Å². The van der Waals surface area contributed by atoms with E-state index in [1.807, 2.05) is 5.43 Å². The van der Waals surface area contributed by atoms with Crippen LogP contribution >= 0.6 is 0 Å². The highest BCUT2D eigenvalue weighted by molar-refractivity contribution is 5.96. The first-order valence-corrected chi connectivity index (χ1v) is 3.68. The summed E-state index contributed by atoms with van der Waals surface area (Å²) < 4.78 is 1.12. The molecule has 0 spiro atoms. The van der Waals surface area contributed by atoms with Crippen molar-refractivity contribution in [1.29, 1.82) is 0 Å². The Balaban J connectivity index is 3.39. The summed E-state index contributed by atoms with van der Waals surface area (Å²) in [5.74, 6) is 4.15. The Morgan fingerprint density at radius 2 is 2.29 bits per heavy atom. The van der Waals surface area contributed by atoms with Gasteiger partial charge in [0, 0.05) is 7.05 Å². The third-order valence-corrected chi connectivity index (χ3v) is 1.72. The number of aromatic nitrogens is 2.